The van der Waals surface area contributed by atoms with E-state index in [4.69, 9.17) is 4.98 Å². The lowest BCUT2D eigenvalue weighted by Gasteiger charge is -2.16. The SMILES string of the molecule is CCCCc1nc2ccccc2c(=O)n1-c1ccc(NC2CCNC2)cc1.Cl. The molecular weight excluding hydrogens is 372 g/mol. The topological polar surface area (TPSA) is 59.0 Å². The molecule has 6 heteroatoms. The maximum absolute atomic E-state index is 13.2. The van der Waals surface area contributed by atoms with Gasteiger partial charge in [-0.2, -0.15) is 0 Å². The first kappa shape index (κ1) is 20.4. The van der Waals surface area contributed by atoms with Gasteiger partial charge < -0.3 is 10.6 Å². The van der Waals surface area contributed by atoms with Gasteiger partial charge in [-0.1, -0.05) is 25.5 Å². The monoisotopic (exact) mass is 398 g/mol. The molecule has 1 unspecified atom stereocenters. The van der Waals surface area contributed by atoms with Gasteiger partial charge >= 0.3 is 0 Å². The summed E-state index contributed by atoms with van der Waals surface area (Å²) in [5.74, 6) is 0.834. The molecule has 2 aromatic carbocycles. The molecule has 148 valence electrons. The van der Waals surface area contributed by atoms with Gasteiger partial charge in [0.05, 0.1) is 16.6 Å². The molecule has 0 amide bonds. The minimum atomic E-state index is 0. The van der Waals surface area contributed by atoms with Crippen molar-refractivity contribution in [3.63, 3.8) is 0 Å². The fourth-order valence-corrected chi connectivity index (χ4v) is 3.67. The summed E-state index contributed by atoms with van der Waals surface area (Å²) < 4.78 is 1.78. The quantitative estimate of drug-likeness (QED) is 0.660. The second kappa shape index (κ2) is 9.22. The summed E-state index contributed by atoms with van der Waals surface area (Å²) in [4.78, 5) is 18.0. The Bertz CT molecular complexity index is 978. The summed E-state index contributed by atoms with van der Waals surface area (Å²) in [5, 5.41) is 7.58. The number of nitrogens with one attached hydrogen (secondary N) is 2. The predicted octanol–water partition coefficient (Wildman–Crippen LogP) is 3.92. The number of unbranched alkanes of at least 4 members (excludes halogenated alkanes) is 1. The Labute approximate surface area is 171 Å². The lowest BCUT2D eigenvalue weighted by molar-refractivity contribution is 0.720. The number of hydrogen-bond acceptors (Lipinski definition) is 4. The first-order valence-corrected chi connectivity index (χ1v) is 9.84. The predicted molar refractivity (Wildman–Crippen MR) is 118 cm³/mol. The minimum Gasteiger partial charge on any atom is -0.381 e. The molecule has 0 aliphatic carbocycles. The van der Waals surface area contributed by atoms with Gasteiger partial charge in [-0.25, -0.2) is 4.98 Å². The molecule has 0 radical (unpaired) electrons. The summed E-state index contributed by atoms with van der Waals surface area (Å²) >= 11 is 0. The van der Waals surface area contributed by atoms with Gasteiger partial charge in [-0.15, -0.1) is 12.4 Å². The van der Waals surface area contributed by atoms with E-state index < -0.39 is 0 Å². The standard InChI is InChI=1S/C22H26N4O.ClH/c1-2-3-8-21-25-20-7-5-4-6-19(20)22(27)26(21)18-11-9-16(10-12-18)24-17-13-14-23-15-17;/h4-7,9-12,17,23-24H,2-3,8,13-15H2,1H3;1H. The molecule has 0 saturated carbocycles. The van der Waals surface area contributed by atoms with E-state index in [1.165, 1.54) is 0 Å². The number of fused-ring (bicyclic) bond motifs is 1. The fourth-order valence-electron chi connectivity index (χ4n) is 3.67. The first-order valence-electron chi connectivity index (χ1n) is 9.84. The Morgan fingerprint density at radius 1 is 1.18 bits per heavy atom. The third kappa shape index (κ3) is 4.21. The first-order chi connectivity index (χ1) is 13.3. The number of halogens is 1. The van der Waals surface area contributed by atoms with E-state index >= 15 is 0 Å². The molecule has 5 nitrogen and oxygen atoms in total. The maximum atomic E-state index is 13.2. The number of benzene rings is 2. The van der Waals surface area contributed by atoms with Crippen LogP contribution in [0.4, 0.5) is 5.69 Å². The third-order valence-electron chi connectivity index (χ3n) is 5.16. The van der Waals surface area contributed by atoms with Crippen molar-refractivity contribution < 1.29 is 0 Å². The van der Waals surface area contributed by atoms with Crippen LogP contribution in [0, 0.1) is 0 Å². The maximum Gasteiger partial charge on any atom is 0.265 e. The van der Waals surface area contributed by atoms with Gasteiger partial charge in [0.1, 0.15) is 5.82 Å². The second-order valence-electron chi connectivity index (χ2n) is 7.17. The van der Waals surface area contributed by atoms with Gasteiger partial charge in [0.2, 0.25) is 0 Å². The van der Waals surface area contributed by atoms with E-state index in [0.29, 0.717) is 11.4 Å². The molecule has 0 spiro atoms. The highest BCUT2D eigenvalue weighted by molar-refractivity contribution is 5.85. The summed E-state index contributed by atoms with van der Waals surface area (Å²) in [7, 11) is 0. The molecule has 2 heterocycles. The zero-order chi connectivity index (χ0) is 18.6. The van der Waals surface area contributed by atoms with Gasteiger partial charge in [-0.05, 0) is 55.8 Å². The fraction of sp³-hybridized carbons (Fsp3) is 0.364. The van der Waals surface area contributed by atoms with Crippen LogP contribution < -0.4 is 16.2 Å². The molecule has 4 rings (SSSR count). The highest BCUT2D eigenvalue weighted by atomic mass is 35.5. The molecule has 0 bridgehead atoms. The number of hydrogen-bond donors (Lipinski definition) is 2. The van der Waals surface area contributed by atoms with Crippen LogP contribution in [0.15, 0.2) is 53.3 Å². The normalized spacial score (nSPS) is 16.1. The highest BCUT2D eigenvalue weighted by Crippen LogP contribution is 2.18. The minimum absolute atomic E-state index is 0. The van der Waals surface area contributed by atoms with Crippen LogP contribution in [-0.2, 0) is 6.42 Å². The molecule has 28 heavy (non-hydrogen) atoms. The molecule has 3 aromatic rings. The highest BCUT2D eigenvalue weighted by Gasteiger charge is 2.15. The van der Waals surface area contributed by atoms with Crippen LogP contribution in [0.25, 0.3) is 16.6 Å². The van der Waals surface area contributed by atoms with Gasteiger partial charge in [0.15, 0.2) is 0 Å². The Hall–Kier alpha value is -2.37. The Balaban J connectivity index is 0.00000225. The Kier molecular flexibility index (Phi) is 6.70. The Morgan fingerprint density at radius 3 is 2.68 bits per heavy atom. The van der Waals surface area contributed by atoms with Crippen molar-refractivity contribution in [3.05, 3.63) is 64.7 Å². The van der Waals surface area contributed by atoms with E-state index in [9.17, 15) is 4.79 Å². The Morgan fingerprint density at radius 2 is 1.96 bits per heavy atom. The molecule has 1 aromatic heterocycles. The lowest BCUT2D eigenvalue weighted by Crippen LogP contribution is -2.24. The number of para-hydroxylation sites is 1. The second-order valence-corrected chi connectivity index (χ2v) is 7.17. The van der Waals surface area contributed by atoms with E-state index in [0.717, 1.165) is 61.5 Å². The largest absolute Gasteiger partial charge is 0.381 e. The summed E-state index contributed by atoms with van der Waals surface area (Å²) in [6.45, 7) is 4.22. The van der Waals surface area contributed by atoms with Gasteiger partial charge in [-0.3, -0.25) is 9.36 Å². The van der Waals surface area contributed by atoms with Crippen molar-refractivity contribution in [2.75, 3.05) is 18.4 Å². The van der Waals surface area contributed by atoms with Crippen molar-refractivity contribution >= 4 is 29.0 Å². The molecule has 1 saturated heterocycles. The van der Waals surface area contributed by atoms with Crippen LogP contribution in [-0.4, -0.2) is 28.7 Å². The van der Waals surface area contributed by atoms with Crippen LogP contribution in [0.5, 0.6) is 0 Å². The van der Waals surface area contributed by atoms with E-state index in [1.54, 1.807) is 4.57 Å². The molecule has 1 fully saturated rings. The van der Waals surface area contributed by atoms with Crippen molar-refractivity contribution in [3.8, 4) is 5.69 Å². The molecule has 1 aliphatic rings. The van der Waals surface area contributed by atoms with Gasteiger partial charge in [0.25, 0.3) is 5.56 Å². The number of aryl methyl sites for hydroxylation is 1. The zero-order valence-corrected chi connectivity index (χ0v) is 17.0. The van der Waals surface area contributed by atoms with Crippen molar-refractivity contribution in [1.29, 1.82) is 0 Å². The van der Waals surface area contributed by atoms with Crippen LogP contribution in [0.3, 0.4) is 0 Å². The van der Waals surface area contributed by atoms with Crippen LogP contribution in [0.1, 0.15) is 32.0 Å². The van der Waals surface area contributed by atoms with Crippen molar-refractivity contribution in [1.82, 2.24) is 14.9 Å². The summed E-state index contributed by atoms with van der Waals surface area (Å²) in [5.41, 5.74) is 2.74. The van der Waals surface area contributed by atoms with E-state index in [1.807, 2.05) is 36.4 Å². The smallest absolute Gasteiger partial charge is 0.265 e. The number of nitrogens with zero attached hydrogens (tertiary/aromatic N) is 2. The molecule has 1 atom stereocenters. The lowest BCUT2D eigenvalue weighted by atomic mass is 10.2. The molecule has 1 aliphatic heterocycles. The van der Waals surface area contributed by atoms with Crippen molar-refractivity contribution in [2.45, 2.75) is 38.6 Å². The average molecular weight is 399 g/mol. The number of anilines is 1. The van der Waals surface area contributed by atoms with Crippen molar-refractivity contribution in [2.24, 2.45) is 0 Å². The third-order valence-corrected chi connectivity index (χ3v) is 5.16. The van der Waals surface area contributed by atoms with E-state index in [2.05, 4.69) is 29.7 Å². The van der Waals surface area contributed by atoms with Crippen LogP contribution >= 0.6 is 12.4 Å². The van der Waals surface area contributed by atoms with Gasteiger partial charge in [0, 0.05) is 24.7 Å². The zero-order valence-electron chi connectivity index (χ0n) is 16.1. The number of aromatic nitrogens is 2. The van der Waals surface area contributed by atoms with Crippen LogP contribution in [0.2, 0.25) is 0 Å². The molecular formula is C22H27ClN4O. The molecule has 2 N–H and O–H groups in total. The summed E-state index contributed by atoms with van der Waals surface area (Å²) in [6, 6.07) is 16.2. The van der Waals surface area contributed by atoms with E-state index in [-0.39, 0.29) is 18.0 Å². The summed E-state index contributed by atoms with van der Waals surface area (Å²) in [6.07, 6.45) is 4.02. The average Bonchev–Trinajstić information content (AvgIpc) is 3.20. The number of rotatable bonds is 6.